The van der Waals surface area contributed by atoms with Gasteiger partial charge in [0.15, 0.2) is 5.78 Å². The van der Waals surface area contributed by atoms with E-state index in [0.717, 1.165) is 5.69 Å². The van der Waals surface area contributed by atoms with Crippen molar-refractivity contribution in [1.82, 2.24) is 0 Å². The van der Waals surface area contributed by atoms with Gasteiger partial charge in [-0.05, 0) is 42.8 Å². The molecule has 1 N–H and O–H groups in total. The smallest absolute Gasteiger partial charge is 0.193 e. The normalized spacial score (nSPS) is 10.2. The highest BCUT2D eigenvalue weighted by Gasteiger charge is 2.10. The molecular weight excluding hydrogens is 229 g/mol. The van der Waals surface area contributed by atoms with Gasteiger partial charge in [-0.1, -0.05) is 12.1 Å². The van der Waals surface area contributed by atoms with Crippen molar-refractivity contribution in [3.8, 4) is 0 Å². The molecule has 2 nitrogen and oxygen atoms in total. The van der Waals surface area contributed by atoms with E-state index in [4.69, 9.17) is 0 Å². The van der Waals surface area contributed by atoms with Crippen LogP contribution >= 0.6 is 0 Å². The van der Waals surface area contributed by atoms with Crippen LogP contribution in [0.1, 0.15) is 21.5 Å². The Bertz CT molecular complexity index is 593. The Balaban J connectivity index is 2.38. The number of benzene rings is 2. The van der Waals surface area contributed by atoms with Gasteiger partial charge in [0.2, 0.25) is 0 Å². The molecule has 0 aliphatic rings. The third kappa shape index (κ3) is 2.40. The number of ketones is 1. The Labute approximate surface area is 105 Å². The van der Waals surface area contributed by atoms with Crippen molar-refractivity contribution >= 4 is 11.5 Å². The molecule has 0 radical (unpaired) electrons. The summed E-state index contributed by atoms with van der Waals surface area (Å²) in [6.07, 6.45) is 0. The highest BCUT2D eigenvalue weighted by atomic mass is 19.1. The summed E-state index contributed by atoms with van der Waals surface area (Å²) in [6, 6.07) is 11.6. The fraction of sp³-hybridized carbons (Fsp3) is 0.133. The van der Waals surface area contributed by atoms with Crippen LogP contribution in [-0.4, -0.2) is 12.8 Å². The maximum atomic E-state index is 13.2. The zero-order chi connectivity index (χ0) is 13.1. The first kappa shape index (κ1) is 12.3. The van der Waals surface area contributed by atoms with E-state index in [1.165, 1.54) is 12.1 Å². The van der Waals surface area contributed by atoms with Crippen molar-refractivity contribution in [2.75, 3.05) is 12.4 Å². The van der Waals surface area contributed by atoms with E-state index in [1.54, 1.807) is 32.2 Å². The van der Waals surface area contributed by atoms with Gasteiger partial charge in [-0.2, -0.15) is 0 Å². The van der Waals surface area contributed by atoms with Gasteiger partial charge in [-0.15, -0.1) is 0 Å². The molecule has 0 aromatic heterocycles. The van der Waals surface area contributed by atoms with Gasteiger partial charge >= 0.3 is 0 Å². The molecule has 92 valence electrons. The van der Waals surface area contributed by atoms with Crippen LogP contribution in [0, 0.1) is 12.7 Å². The zero-order valence-corrected chi connectivity index (χ0v) is 10.3. The van der Waals surface area contributed by atoms with E-state index in [1.807, 2.05) is 12.1 Å². The van der Waals surface area contributed by atoms with Crippen LogP contribution in [0.5, 0.6) is 0 Å². The Morgan fingerprint density at radius 2 is 1.83 bits per heavy atom. The number of nitrogens with one attached hydrogen (secondary N) is 1. The van der Waals surface area contributed by atoms with E-state index in [9.17, 15) is 9.18 Å². The Kier molecular flexibility index (Phi) is 3.42. The predicted octanol–water partition coefficient (Wildman–Crippen LogP) is 3.41. The van der Waals surface area contributed by atoms with Crippen LogP contribution in [0.2, 0.25) is 0 Å². The average molecular weight is 243 g/mol. The van der Waals surface area contributed by atoms with Crippen molar-refractivity contribution < 1.29 is 9.18 Å². The number of rotatable bonds is 3. The van der Waals surface area contributed by atoms with Crippen molar-refractivity contribution in [1.29, 1.82) is 0 Å². The molecule has 0 saturated heterocycles. The lowest BCUT2D eigenvalue weighted by molar-refractivity contribution is 0.103. The second kappa shape index (κ2) is 5.00. The topological polar surface area (TPSA) is 29.1 Å². The molecule has 0 unspecified atom stereocenters. The molecule has 0 heterocycles. The predicted molar refractivity (Wildman–Crippen MR) is 70.6 cm³/mol. The maximum Gasteiger partial charge on any atom is 0.193 e. The minimum absolute atomic E-state index is 0.102. The second-order valence-corrected chi connectivity index (χ2v) is 4.12. The lowest BCUT2D eigenvalue weighted by Crippen LogP contribution is -2.03. The molecule has 0 atom stereocenters. The number of aryl methyl sites for hydroxylation is 1. The van der Waals surface area contributed by atoms with E-state index in [0.29, 0.717) is 16.7 Å². The summed E-state index contributed by atoms with van der Waals surface area (Å²) >= 11 is 0. The molecule has 3 heteroatoms. The lowest BCUT2D eigenvalue weighted by atomic mass is 10.0. The quantitative estimate of drug-likeness (QED) is 0.837. The summed E-state index contributed by atoms with van der Waals surface area (Å²) in [6.45, 7) is 1.65. The van der Waals surface area contributed by atoms with Crippen molar-refractivity contribution in [3.63, 3.8) is 0 Å². The minimum Gasteiger partial charge on any atom is -0.388 e. The fourth-order valence-electron chi connectivity index (χ4n) is 1.77. The highest BCUT2D eigenvalue weighted by Crippen LogP contribution is 2.16. The first-order valence-corrected chi connectivity index (χ1v) is 5.70. The Hall–Kier alpha value is -2.16. The van der Waals surface area contributed by atoms with Crippen LogP contribution in [0.15, 0.2) is 42.5 Å². The highest BCUT2D eigenvalue weighted by molar-refractivity contribution is 6.09. The first-order chi connectivity index (χ1) is 8.61. The summed E-state index contributed by atoms with van der Waals surface area (Å²) < 4.78 is 13.2. The number of hydrogen-bond acceptors (Lipinski definition) is 2. The van der Waals surface area contributed by atoms with E-state index in [-0.39, 0.29) is 11.6 Å². The number of carbonyl (C=O) groups excluding carboxylic acids is 1. The fourth-order valence-corrected chi connectivity index (χ4v) is 1.77. The molecule has 0 aliphatic heterocycles. The molecule has 0 aliphatic carbocycles. The van der Waals surface area contributed by atoms with Crippen LogP contribution in [0.25, 0.3) is 0 Å². The van der Waals surface area contributed by atoms with Crippen LogP contribution in [0.3, 0.4) is 0 Å². The molecule has 0 amide bonds. The van der Waals surface area contributed by atoms with Crippen LogP contribution < -0.4 is 5.32 Å². The van der Waals surface area contributed by atoms with Crippen molar-refractivity contribution in [2.24, 2.45) is 0 Å². The first-order valence-electron chi connectivity index (χ1n) is 5.70. The van der Waals surface area contributed by atoms with Gasteiger partial charge in [0, 0.05) is 23.9 Å². The molecule has 0 saturated carbocycles. The number of anilines is 1. The SMILES string of the molecule is CNc1cccc(C(=O)c2ccc(F)c(C)c2)c1. The molecule has 18 heavy (non-hydrogen) atoms. The van der Waals surface area contributed by atoms with Crippen molar-refractivity contribution in [2.45, 2.75) is 6.92 Å². The number of carbonyl (C=O) groups is 1. The van der Waals surface area contributed by atoms with E-state index in [2.05, 4.69) is 5.32 Å². The maximum absolute atomic E-state index is 13.2. The van der Waals surface area contributed by atoms with Gasteiger partial charge in [0.05, 0.1) is 0 Å². The molecular formula is C15H14FNO. The molecule has 2 rings (SSSR count). The number of halogens is 1. The molecule has 0 fully saturated rings. The van der Waals surface area contributed by atoms with Gasteiger partial charge in [0.25, 0.3) is 0 Å². The Morgan fingerprint density at radius 3 is 2.50 bits per heavy atom. The third-order valence-corrected chi connectivity index (χ3v) is 2.83. The summed E-state index contributed by atoms with van der Waals surface area (Å²) in [5, 5.41) is 2.98. The molecule has 0 spiro atoms. The summed E-state index contributed by atoms with van der Waals surface area (Å²) in [7, 11) is 1.80. The average Bonchev–Trinajstić information content (AvgIpc) is 2.41. The summed E-state index contributed by atoms with van der Waals surface area (Å²) in [5.41, 5.74) is 2.44. The van der Waals surface area contributed by atoms with Crippen LogP contribution in [-0.2, 0) is 0 Å². The number of hydrogen-bond donors (Lipinski definition) is 1. The second-order valence-electron chi connectivity index (χ2n) is 4.12. The van der Waals surface area contributed by atoms with Crippen molar-refractivity contribution in [3.05, 3.63) is 65.0 Å². The Morgan fingerprint density at radius 1 is 1.11 bits per heavy atom. The third-order valence-electron chi connectivity index (χ3n) is 2.83. The van der Waals surface area contributed by atoms with Gasteiger partial charge in [-0.3, -0.25) is 4.79 Å². The van der Waals surface area contributed by atoms with Crippen LogP contribution in [0.4, 0.5) is 10.1 Å². The van der Waals surface area contributed by atoms with E-state index >= 15 is 0 Å². The molecule has 2 aromatic rings. The standard InChI is InChI=1S/C15H14FNO/c1-10-8-12(6-7-14(10)16)15(18)11-4-3-5-13(9-11)17-2/h3-9,17H,1-2H3. The lowest BCUT2D eigenvalue weighted by Gasteiger charge is -2.05. The zero-order valence-electron chi connectivity index (χ0n) is 10.3. The van der Waals surface area contributed by atoms with Gasteiger partial charge in [0.1, 0.15) is 5.82 Å². The molecule has 0 bridgehead atoms. The van der Waals surface area contributed by atoms with E-state index < -0.39 is 0 Å². The minimum atomic E-state index is -0.296. The molecule has 2 aromatic carbocycles. The summed E-state index contributed by atoms with van der Waals surface area (Å²) in [5.74, 6) is -0.397. The monoisotopic (exact) mass is 243 g/mol. The summed E-state index contributed by atoms with van der Waals surface area (Å²) in [4.78, 5) is 12.2. The van der Waals surface area contributed by atoms with Gasteiger partial charge in [-0.25, -0.2) is 4.39 Å². The van der Waals surface area contributed by atoms with Gasteiger partial charge < -0.3 is 5.32 Å². The largest absolute Gasteiger partial charge is 0.388 e.